The first-order chi connectivity index (χ1) is 12.0. The molecule has 0 aliphatic carbocycles. The van der Waals surface area contributed by atoms with Crippen LogP contribution in [0.4, 0.5) is 0 Å². The third kappa shape index (κ3) is 3.19. The molecule has 124 valence electrons. The molecule has 0 aliphatic rings. The first kappa shape index (κ1) is 16.9. The van der Waals surface area contributed by atoms with Gasteiger partial charge in [-0.1, -0.05) is 35.0 Å². The molecule has 6 heteroatoms. The van der Waals surface area contributed by atoms with Crippen LogP contribution in [0, 0.1) is 11.3 Å². The van der Waals surface area contributed by atoms with Gasteiger partial charge in [0.2, 0.25) is 0 Å². The SMILES string of the molecule is CCc1c(C(=O)O)c(-c2ccc(C#N)cc2)nn1-c1ccc(Br)cc1. The van der Waals surface area contributed by atoms with Crippen molar-refractivity contribution < 1.29 is 9.90 Å². The first-order valence-electron chi connectivity index (χ1n) is 7.66. The summed E-state index contributed by atoms with van der Waals surface area (Å²) in [6.45, 7) is 1.90. The number of aromatic nitrogens is 2. The fraction of sp³-hybridized carbons (Fsp3) is 0.105. The maximum atomic E-state index is 11.9. The second-order valence-electron chi connectivity index (χ2n) is 5.41. The lowest BCUT2D eigenvalue weighted by Gasteiger charge is -2.06. The van der Waals surface area contributed by atoms with Gasteiger partial charge in [0.15, 0.2) is 0 Å². The molecule has 0 saturated heterocycles. The van der Waals surface area contributed by atoms with E-state index in [0.717, 1.165) is 10.2 Å². The molecule has 0 saturated carbocycles. The summed E-state index contributed by atoms with van der Waals surface area (Å²) < 4.78 is 2.61. The van der Waals surface area contributed by atoms with Crippen molar-refractivity contribution >= 4 is 21.9 Å². The number of nitriles is 1. The monoisotopic (exact) mass is 395 g/mol. The number of benzene rings is 2. The van der Waals surface area contributed by atoms with Crippen molar-refractivity contribution in [3.05, 3.63) is 69.8 Å². The van der Waals surface area contributed by atoms with Crippen molar-refractivity contribution in [1.29, 1.82) is 5.26 Å². The maximum absolute atomic E-state index is 11.9. The Bertz CT molecular complexity index is 968. The highest BCUT2D eigenvalue weighted by Crippen LogP contribution is 2.29. The zero-order valence-corrected chi connectivity index (χ0v) is 15.0. The second kappa shape index (κ2) is 6.91. The summed E-state index contributed by atoms with van der Waals surface area (Å²) in [6.07, 6.45) is 0.529. The highest BCUT2D eigenvalue weighted by molar-refractivity contribution is 9.10. The Labute approximate surface area is 153 Å². The molecule has 0 spiro atoms. The number of nitrogens with zero attached hydrogens (tertiary/aromatic N) is 3. The molecule has 1 heterocycles. The van der Waals surface area contributed by atoms with Crippen LogP contribution in [0.25, 0.3) is 16.9 Å². The fourth-order valence-electron chi connectivity index (χ4n) is 2.70. The Hall–Kier alpha value is -2.91. The number of hydrogen-bond acceptors (Lipinski definition) is 3. The number of carboxylic acid groups (broad SMARTS) is 1. The van der Waals surface area contributed by atoms with E-state index in [0.29, 0.717) is 28.9 Å². The Morgan fingerprint density at radius 1 is 1.20 bits per heavy atom. The van der Waals surface area contributed by atoms with Crippen molar-refractivity contribution in [3.8, 4) is 23.0 Å². The fourth-order valence-corrected chi connectivity index (χ4v) is 2.97. The van der Waals surface area contributed by atoms with E-state index in [2.05, 4.69) is 27.1 Å². The summed E-state index contributed by atoms with van der Waals surface area (Å²) in [6, 6.07) is 16.3. The molecule has 0 fully saturated rings. The van der Waals surface area contributed by atoms with Gasteiger partial charge in [0.25, 0.3) is 0 Å². The summed E-state index contributed by atoms with van der Waals surface area (Å²) in [5.74, 6) is -1.01. The summed E-state index contributed by atoms with van der Waals surface area (Å²) in [5, 5.41) is 23.2. The van der Waals surface area contributed by atoms with Crippen molar-refractivity contribution in [2.24, 2.45) is 0 Å². The quantitative estimate of drug-likeness (QED) is 0.708. The lowest BCUT2D eigenvalue weighted by Crippen LogP contribution is -2.05. The molecular weight excluding hydrogens is 382 g/mol. The van der Waals surface area contributed by atoms with Crippen LogP contribution in [-0.2, 0) is 6.42 Å². The predicted molar refractivity (Wildman–Crippen MR) is 97.8 cm³/mol. The largest absolute Gasteiger partial charge is 0.478 e. The average Bonchev–Trinajstić information content (AvgIpc) is 3.02. The van der Waals surface area contributed by atoms with Gasteiger partial charge in [0, 0.05) is 10.0 Å². The number of halogens is 1. The molecular formula is C19H14BrN3O2. The molecule has 3 aromatic rings. The number of carbonyl (C=O) groups is 1. The molecule has 0 unspecified atom stereocenters. The molecule has 1 aromatic heterocycles. The zero-order valence-electron chi connectivity index (χ0n) is 13.4. The van der Waals surface area contributed by atoms with Crippen LogP contribution in [0.15, 0.2) is 53.0 Å². The van der Waals surface area contributed by atoms with Gasteiger partial charge in [-0.25, -0.2) is 9.48 Å². The zero-order chi connectivity index (χ0) is 18.0. The highest BCUT2D eigenvalue weighted by atomic mass is 79.9. The van der Waals surface area contributed by atoms with Crippen LogP contribution in [0.5, 0.6) is 0 Å². The molecule has 3 rings (SSSR count). The van der Waals surface area contributed by atoms with Gasteiger partial charge in [-0.2, -0.15) is 10.4 Å². The van der Waals surface area contributed by atoms with Gasteiger partial charge in [0.05, 0.1) is 23.0 Å². The normalized spacial score (nSPS) is 10.4. The van der Waals surface area contributed by atoms with Crippen LogP contribution < -0.4 is 0 Å². The number of carboxylic acids is 1. The van der Waals surface area contributed by atoms with Gasteiger partial charge in [0.1, 0.15) is 11.3 Å². The van der Waals surface area contributed by atoms with E-state index in [-0.39, 0.29) is 5.56 Å². The molecule has 0 bridgehead atoms. The molecule has 2 aromatic carbocycles. The summed E-state index contributed by atoms with van der Waals surface area (Å²) in [4.78, 5) is 11.9. The lowest BCUT2D eigenvalue weighted by molar-refractivity contribution is 0.0696. The third-order valence-corrected chi connectivity index (χ3v) is 4.42. The Morgan fingerprint density at radius 2 is 1.84 bits per heavy atom. The van der Waals surface area contributed by atoms with E-state index in [9.17, 15) is 9.90 Å². The van der Waals surface area contributed by atoms with Crippen molar-refractivity contribution in [2.45, 2.75) is 13.3 Å². The lowest BCUT2D eigenvalue weighted by atomic mass is 10.0. The Kier molecular flexibility index (Phi) is 4.68. The summed E-state index contributed by atoms with van der Waals surface area (Å²) in [7, 11) is 0. The molecule has 5 nitrogen and oxygen atoms in total. The van der Waals surface area contributed by atoms with Crippen LogP contribution in [0.1, 0.15) is 28.5 Å². The smallest absolute Gasteiger partial charge is 0.339 e. The molecule has 0 radical (unpaired) electrons. The third-order valence-electron chi connectivity index (χ3n) is 3.89. The van der Waals surface area contributed by atoms with E-state index >= 15 is 0 Å². The van der Waals surface area contributed by atoms with Crippen LogP contribution >= 0.6 is 15.9 Å². The predicted octanol–water partition coefficient (Wildman–Crippen LogP) is 4.43. The number of aromatic carboxylic acids is 1. The standard InChI is InChI=1S/C19H14BrN3O2/c1-2-16-17(19(24)25)18(13-5-3-12(11-21)4-6-13)22-23(16)15-9-7-14(20)8-10-15/h3-10H,2H2,1H3,(H,24,25). The van der Waals surface area contributed by atoms with Gasteiger partial charge in [-0.3, -0.25) is 0 Å². The van der Waals surface area contributed by atoms with Crippen molar-refractivity contribution in [3.63, 3.8) is 0 Å². The molecule has 25 heavy (non-hydrogen) atoms. The van der Waals surface area contributed by atoms with Gasteiger partial charge in [-0.15, -0.1) is 0 Å². The van der Waals surface area contributed by atoms with E-state index in [4.69, 9.17) is 5.26 Å². The average molecular weight is 396 g/mol. The van der Waals surface area contributed by atoms with Crippen LogP contribution in [0.2, 0.25) is 0 Å². The van der Waals surface area contributed by atoms with E-state index in [1.165, 1.54) is 0 Å². The Balaban J connectivity index is 2.22. The minimum atomic E-state index is -1.01. The van der Waals surface area contributed by atoms with Crippen molar-refractivity contribution in [2.75, 3.05) is 0 Å². The topological polar surface area (TPSA) is 78.9 Å². The van der Waals surface area contributed by atoms with Crippen LogP contribution in [0.3, 0.4) is 0 Å². The molecule has 0 aliphatic heterocycles. The van der Waals surface area contributed by atoms with Crippen LogP contribution in [-0.4, -0.2) is 20.9 Å². The maximum Gasteiger partial charge on any atom is 0.339 e. The van der Waals surface area contributed by atoms with E-state index < -0.39 is 5.97 Å². The van der Waals surface area contributed by atoms with Gasteiger partial charge >= 0.3 is 5.97 Å². The summed E-state index contributed by atoms with van der Waals surface area (Å²) >= 11 is 3.40. The molecule has 0 amide bonds. The highest BCUT2D eigenvalue weighted by Gasteiger charge is 2.24. The first-order valence-corrected chi connectivity index (χ1v) is 8.46. The number of rotatable bonds is 4. The van der Waals surface area contributed by atoms with Crippen molar-refractivity contribution in [1.82, 2.24) is 9.78 Å². The minimum Gasteiger partial charge on any atom is -0.478 e. The molecule has 1 N–H and O–H groups in total. The minimum absolute atomic E-state index is 0.190. The second-order valence-corrected chi connectivity index (χ2v) is 6.32. The van der Waals surface area contributed by atoms with Gasteiger partial charge < -0.3 is 5.11 Å². The Morgan fingerprint density at radius 3 is 2.36 bits per heavy atom. The molecule has 0 atom stereocenters. The van der Waals surface area contributed by atoms with E-state index in [1.54, 1.807) is 28.9 Å². The van der Waals surface area contributed by atoms with Gasteiger partial charge in [-0.05, 0) is 42.8 Å². The van der Waals surface area contributed by atoms with E-state index in [1.807, 2.05) is 31.2 Å². The number of hydrogen-bond donors (Lipinski definition) is 1. The summed E-state index contributed by atoms with van der Waals surface area (Å²) in [5.41, 5.74) is 3.20.